The summed E-state index contributed by atoms with van der Waals surface area (Å²) in [5.74, 6) is 0.153. The summed E-state index contributed by atoms with van der Waals surface area (Å²) in [6.45, 7) is 1.70. The molecule has 5 nitrogen and oxygen atoms in total. The fourth-order valence-electron chi connectivity index (χ4n) is 4.08. The van der Waals surface area contributed by atoms with Crippen molar-refractivity contribution in [2.75, 3.05) is 37.4 Å². The van der Waals surface area contributed by atoms with Crippen LogP contribution in [-0.4, -0.2) is 49.0 Å². The summed E-state index contributed by atoms with van der Waals surface area (Å²) in [5.41, 5.74) is 3.51. The van der Waals surface area contributed by atoms with Gasteiger partial charge in [-0.3, -0.25) is 9.78 Å². The third-order valence-corrected chi connectivity index (χ3v) is 5.25. The maximum atomic E-state index is 12.8. The van der Waals surface area contributed by atoms with Crippen molar-refractivity contribution in [2.45, 2.75) is 17.9 Å². The molecule has 1 N–H and O–H groups in total. The molecule has 2 aliphatic heterocycles. The van der Waals surface area contributed by atoms with Gasteiger partial charge in [0.15, 0.2) is 0 Å². The van der Waals surface area contributed by atoms with Gasteiger partial charge in [0.25, 0.3) is 0 Å². The summed E-state index contributed by atoms with van der Waals surface area (Å²) in [5, 5.41) is 3.53. The largest absolute Gasteiger partial charge is 0.384 e. The number of pyridine rings is 1. The van der Waals surface area contributed by atoms with Crippen LogP contribution in [0.2, 0.25) is 0 Å². The van der Waals surface area contributed by atoms with Crippen molar-refractivity contribution in [2.24, 2.45) is 0 Å². The Hall–Kier alpha value is -2.56. The number of carbonyl (C=O) groups is 1. The second kappa shape index (κ2) is 5.51. The zero-order valence-corrected chi connectivity index (χ0v) is 14.1. The van der Waals surface area contributed by atoms with Gasteiger partial charge in [0.05, 0.1) is 11.9 Å². The number of hydrogen-bond donors (Lipinski definition) is 1. The summed E-state index contributed by atoms with van der Waals surface area (Å²) < 4.78 is 0. The van der Waals surface area contributed by atoms with Crippen LogP contribution in [0.25, 0.3) is 0 Å². The van der Waals surface area contributed by atoms with Crippen LogP contribution in [0, 0.1) is 0 Å². The summed E-state index contributed by atoms with van der Waals surface area (Å²) in [7, 11) is 3.66. The number of para-hydroxylation sites is 1. The van der Waals surface area contributed by atoms with E-state index in [-0.39, 0.29) is 17.4 Å². The van der Waals surface area contributed by atoms with E-state index in [0.29, 0.717) is 0 Å². The van der Waals surface area contributed by atoms with Crippen molar-refractivity contribution in [3.8, 4) is 0 Å². The van der Waals surface area contributed by atoms with Crippen LogP contribution in [-0.2, 0) is 10.2 Å². The minimum Gasteiger partial charge on any atom is -0.384 e. The highest BCUT2D eigenvalue weighted by atomic mass is 16.2. The van der Waals surface area contributed by atoms with Gasteiger partial charge in [0.2, 0.25) is 5.91 Å². The summed E-state index contributed by atoms with van der Waals surface area (Å²) >= 11 is 0. The van der Waals surface area contributed by atoms with Crippen molar-refractivity contribution in [3.63, 3.8) is 0 Å². The Bertz CT molecular complexity index is 761. The van der Waals surface area contributed by atoms with Crippen LogP contribution < -0.4 is 10.2 Å². The monoisotopic (exact) mass is 322 g/mol. The molecule has 2 atom stereocenters. The lowest BCUT2D eigenvalue weighted by Crippen LogP contribution is -2.42. The van der Waals surface area contributed by atoms with E-state index in [4.69, 9.17) is 0 Å². The molecule has 2 unspecified atom stereocenters. The molecule has 4 rings (SSSR count). The molecule has 124 valence electrons. The molecule has 0 aliphatic carbocycles. The van der Waals surface area contributed by atoms with Crippen LogP contribution >= 0.6 is 0 Å². The zero-order chi connectivity index (χ0) is 16.7. The summed E-state index contributed by atoms with van der Waals surface area (Å²) in [6, 6.07) is 12.3. The molecule has 2 aliphatic rings. The Morgan fingerprint density at radius 1 is 1.29 bits per heavy atom. The van der Waals surface area contributed by atoms with E-state index in [2.05, 4.69) is 39.5 Å². The van der Waals surface area contributed by atoms with E-state index in [1.807, 2.05) is 32.4 Å². The van der Waals surface area contributed by atoms with E-state index in [1.54, 1.807) is 11.1 Å². The summed E-state index contributed by atoms with van der Waals surface area (Å²) in [6.07, 6.45) is 4.44. The Labute approximate surface area is 142 Å². The number of rotatable bonds is 2. The predicted molar refractivity (Wildman–Crippen MR) is 95.3 cm³/mol. The van der Waals surface area contributed by atoms with E-state index in [1.165, 1.54) is 11.3 Å². The molecule has 1 aromatic heterocycles. The molecule has 5 heteroatoms. The van der Waals surface area contributed by atoms with Crippen molar-refractivity contribution in [1.82, 2.24) is 9.88 Å². The number of benzene rings is 1. The fraction of sp³-hybridized carbons (Fsp3) is 0.368. The topological polar surface area (TPSA) is 48.5 Å². The Kier molecular flexibility index (Phi) is 3.44. The molecule has 1 spiro atoms. The van der Waals surface area contributed by atoms with Gasteiger partial charge in [-0.2, -0.15) is 0 Å². The van der Waals surface area contributed by atoms with Gasteiger partial charge in [0.1, 0.15) is 6.04 Å². The molecule has 24 heavy (non-hydrogen) atoms. The van der Waals surface area contributed by atoms with Gasteiger partial charge in [-0.25, -0.2) is 0 Å². The molecule has 1 saturated heterocycles. The maximum Gasteiger partial charge on any atom is 0.244 e. The first-order valence-corrected chi connectivity index (χ1v) is 8.32. The first-order valence-electron chi connectivity index (χ1n) is 8.32. The standard InChI is InChI=1S/C19H22N4O/c1-22(2)18(24)17-10-19(12-21-16-8-4-3-7-15(16)19)13-23(17)14-6-5-9-20-11-14/h3-9,11,17,21H,10,12-13H2,1-2H3. The van der Waals surface area contributed by atoms with Crippen molar-refractivity contribution in [1.29, 1.82) is 0 Å². The predicted octanol–water partition coefficient (Wildman–Crippen LogP) is 2.11. The third kappa shape index (κ3) is 2.23. The first kappa shape index (κ1) is 15.0. The highest BCUT2D eigenvalue weighted by Gasteiger charge is 2.51. The number of amides is 1. The van der Waals surface area contributed by atoms with Crippen molar-refractivity contribution in [3.05, 3.63) is 54.4 Å². The number of carbonyl (C=O) groups excluding carboxylic acids is 1. The van der Waals surface area contributed by atoms with Crippen molar-refractivity contribution >= 4 is 17.3 Å². The minimum absolute atomic E-state index is 0.0250. The van der Waals surface area contributed by atoms with Crippen LogP contribution in [0.1, 0.15) is 12.0 Å². The van der Waals surface area contributed by atoms with Gasteiger partial charge in [-0.1, -0.05) is 18.2 Å². The van der Waals surface area contributed by atoms with Crippen LogP contribution in [0.5, 0.6) is 0 Å². The quantitative estimate of drug-likeness (QED) is 0.920. The van der Waals surface area contributed by atoms with Crippen LogP contribution in [0.15, 0.2) is 48.8 Å². The molecule has 1 fully saturated rings. The minimum atomic E-state index is -0.155. The van der Waals surface area contributed by atoms with Crippen LogP contribution in [0.3, 0.4) is 0 Å². The number of nitrogens with one attached hydrogen (secondary N) is 1. The molecule has 0 saturated carbocycles. The third-order valence-electron chi connectivity index (χ3n) is 5.25. The highest BCUT2D eigenvalue weighted by Crippen LogP contribution is 2.46. The molecule has 1 amide bonds. The second-order valence-electron chi connectivity index (χ2n) is 6.97. The van der Waals surface area contributed by atoms with E-state index >= 15 is 0 Å². The highest BCUT2D eigenvalue weighted by molar-refractivity contribution is 5.86. The maximum absolute atomic E-state index is 12.8. The number of aromatic nitrogens is 1. The van der Waals surface area contributed by atoms with E-state index in [0.717, 1.165) is 25.2 Å². The average Bonchev–Trinajstić information content (AvgIpc) is 3.18. The van der Waals surface area contributed by atoms with E-state index < -0.39 is 0 Å². The SMILES string of the molecule is CN(C)C(=O)C1CC2(CNc3ccccc32)CN1c1cccnc1. The molecular weight excluding hydrogens is 300 g/mol. The fourth-order valence-corrected chi connectivity index (χ4v) is 4.08. The van der Waals surface area contributed by atoms with Gasteiger partial charge in [-0.05, 0) is 30.2 Å². The number of likely N-dealkylation sites (N-methyl/N-ethyl adjacent to an activating group) is 1. The lowest BCUT2D eigenvalue weighted by molar-refractivity contribution is -0.129. The zero-order valence-electron chi connectivity index (χ0n) is 14.1. The molecule has 1 aromatic carbocycles. The normalized spacial score (nSPS) is 24.8. The molecule has 2 aromatic rings. The van der Waals surface area contributed by atoms with Gasteiger partial charge in [-0.15, -0.1) is 0 Å². The van der Waals surface area contributed by atoms with E-state index in [9.17, 15) is 4.79 Å². The average molecular weight is 322 g/mol. The number of nitrogens with zero attached hydrogens (tertiary/aromatic N) is 3. The van der Waals surface area contributed by atoms with Crippen molar-refractivity contribution < 1.29 is 4.79 Å². The van der Waals surface area contributed by atoms with Gasteiger partial charge >= 0.3 is 0 Å². The molecule has 0 bridgehead atoms. The van der Waals surface area contributed by atoms with Gasteiger partial charge in [0, 0.05) is 44.5 Å². The lowest BCUT2D eigenvalue weighted by atomic mass is 9.80. The Morgan fingerprint density at radius 2 is 2.12 bits per heavy atom. The van der Waals surface area contributed by atoms with Gasteiger partial charge < -0.3 is 15.1 Å². The molecular formula is C19H22N4O. The second-order valence-corrected chi connectivity index (χ2v) is 6.97. The Balaban J connectivity index is 1.75. The molecule has 0 radical (unpaired) electrons. The first-order chi connectivity index (χ1) is 11.6. The smallest absolute Gasteiger partial charge is 0.244 e. The Morgan fingerprint density at radius 3 is 2.88 bits per heavy atom. The van der Waals surface area contributed by atoms with Crippen LogP contribution in [0.4, 0.5) is 11.4 Å². The summed E-state index contributed by atoms with van der Waals surface area (Å²) in [4.78, 5) is 21.0. The number of fused-ring (bicyclic) bond motifs is 2. The number of anilines is 2. The lowest BCUT2D eigenvalue weighted by Gasteiger charge is -2.28. The molecule has 3 heterocycles. The number of hydrogen-bond acceptors (Lipinski definition) is 4.